The smallest absolute Gasteiger partial charge is 0.325 e. The van der Waals surface area contributed by atoms with Crippen LogP contribution in [0.15, 0.2) is 63.0 Å². The third kappa shape index (κ3) is 5.20. The molecule has 1 aliphatic carbocycles. The number of carbonyl (C=O) groups excluding carboxylic acids is 1. The van der Waals surface area contributed by atoms with Crippen LogP contribution in [0.5, 0.6) is 5.75 Å². The van der Waals surface area contributed by atoms with Crippen LogP contribution in [0.2, 0.25) is 0 Å². The van der Waals surface area contributed by atoms with Crippen LogP contribution >= 0.6 is 0 Å². The Balaban J connectivity index is 1.69. The molecule has 2 aromatic carbocycles. The third-order valence-corrected chi connectivity index (χ3v) is 7.98. The number of nitrogens with zero attached hydrogens (tertiary/aromatic N) is 1. The Morgan fingerprint density at radius 2 is 1.83 bits per heavy atom. The van der Waals surface area contributed by atoms with Gasteiger partial charge in [-0.1, -0.05) is 24.3 Å². The van der Waals surface area contributed by atoms with Gasteiger partial charge in [-0.2, -0.15) is 0 Å². The average molecular weight is 513 g/mol. The van der Waals surface area contributed by atoms with Crippen molar-refractivity contribution in [3.8, 4) is 5.75 Å². The summed E-state index contributed by atoms with van der Waals surface area (Å²) in [5, 5.41) is 2.96. The summed E-state index contributed by atoms with van der Waals surface area (Å²) >= 11 is 0. The Morgan fingerprint density at radius 3 is 2.53 bits per heavy atom. The maximum absolute atomic E-state index is 13.7. The van der Waals surface area contributed by atoms with Crippen molar-refractivity contribution >= 4 is 21.6 Å². The summed E-state index contributed by atoms with van der Waals surface area (Å²) < 4.78 is 33.7. The number of aromatic amines is 2. The quantitative estimate of drug-likeness (QED) is 0.422. The van der Waals surface area contributed by atoms with Gasteiger partial charge in [0.25, 0.3) is 15.6 Å². The van der Waals surface area contributed by atoms with E-state index in [1.54, 1.807) is 12.1 Å². The van der Waals surface area contributed by atoms with Crippen molar-refractivity contribution in [1.29, 1.82) is 0 Å². The zero-order chi connectivity index (χ0) is 25.9. The van der Waals surface area contributed by atoms with Crippen molar-refractivity contribution in [3.63, 3.8) is 0 Å². The predicted molar refractivity (Wildman–Crippen MR) is 135 cm³/mol. The number of benzene rings is 2. The Bertz CT molecular complexity index is 1480. The largest absolute Gasteiger partial charge is 0.494 e. The molecule has 1 aromatic heterocycles. The number of hydrogen-bond acceptors (Lipinski definition) is 6. The fourth-order valence-electron chi connectivity index (χ4n) is 4.47. The molecule has 0 saturated heterocycles. The molecule has 4 rings (SSSR count). The number of H-pyrrole nitrogens is 2. The summed E-state index contributed by atoms with van der Waals surface area (Å²) in [6.07, 6.45) is 2.55. The molecule has 0 bridgehead atoms. The lowest BCUT2D eigenvalue weighted by Gasteiger charge is -2.28. The molecule has 1 atom stereocenters. The second kappa shape index (κ2) is 10.4. The first-order valence-electron chi connectivity index (χ1n) is 11.7. The van der Waals surface area contributed by atoms with Crippen LogP contribution in [0.4, 0.5) is 5.69 Å². The van der Waals surface area contributed by atoms with Gasteiger partial charge in [-0.15, -0.1) is 0 Å². The summed E-state index contributed by atoms with van der Waals surface area (Å²) in [6.45, 7) is 3.01. The normalized spacial score (nSPS) is 15.1. The predicted octanol–water partition coefficient (Wildman–Crippen LogP) is 2.16. The number of amides is 1. The van der Waals surface area contributed by atoms with E-state index in [0.717, 1.165) is 34.7 Å². The van der Waals surface area contributed by atoms with E-state index in [-0.39, 0.29) is 17.4 Å². The van der Waals surface area contributed by atoms with Crippen LogP contribution in [0, 0.1) is 6.92 Å². The number of carbonyl (C=O) groups is 1. The van der Waals surface area contributed by atoms with Gasteiger partial charge in [-0.25, -0.2) is 13.2 Å². The van der Waals surface area contributed by atoms with Crippen LogP contribution in [0.3, 0.4) is 0 Å². The number of aromatic nitrogens is 2. The highest BCUT2D eigenvalue weighted by Crippen LogP contribution is 2.30. The molecule has 1 unspecified atom stereocenters. The SMILES string of the molecule is CCOc1ccc(N(CC(=O)NC2CCCc3ccccc32)S(=O)(=O)c2c(C)[nH]c(=O)[nH]c2=O)cc1. The molecule has 0 aliphatic heterocycles. The number of anilines is 1. The van der Waals surface area contributed by atoms with Crippen LogP contribution in [-0.4, -0.2) is 37.4 Å². The molecule has 1 aliphatic rings. The van der Waals surface area contributed by atoms with Crippen molar-refractivity contribution in [2.24, 2.45) is 0 Å². The highest BCUT2D eigenvalue weighted by molar-refractivity contribution is 7.92. The average Bonchev–Trinajstić information content (AvgIpc) is 2.83. The van der Waals surface area contributed by atoms with E-state index in [0.29, 0.717) is 12.4 Å². The Morgan fingerprint density at radius 1 is 1.11 bits per heavy atom. The molecule has 0 saturated carbocycles. The molecular weight excluding hydrogens is 484 g/mol. The molecule has 36 heavy (non-hydrogen) atoms. The second-order valence-corrected chi connectivity index (χ2v) is 10.3. The summed E-state index contributed by atoms with van der Waals surface area (Å²) in [7, 11) is -4.54. The van der Waals surface area contributed by atoms with E-state index in [1.165, 1.54) is 19.1 Å². The van der Waals surface area contributed by atoms with E-state index >= 15 is 0 Å². The lowest BCUT2D eigenvalue weighted by Crippen LogP contribution is -2.44. The Kier molecular flexibility index (Phi) is 7.30. The van der Waals surface area contributed by atoms with Crippen LogP contribution in [0.25, 0.3) is 0 Å². The zero-order valence-electron chi connectivity index (χ0n) is 20.0. The number of ether oxygens (including phenoxy) is 1. The van der Waals surface area contributed by atoms with Crippen molar-refractivity contribution in [3.05, 3.63) is 86.2 Å². The maximum atomic E-state index is 13.7. The molecule has 0 radical (unpaired) electrons. The van der Waals surface area contributed by atoms with Gasteiger partial charge in [-0.3, -0.25) is 18.9 Å². The van der Waals surface area contributed by atoms with Crippen LogP contribution in [0.1, 0.15) is 42.6 Å². The van der Waals surface area contributed by atoms with E-state index in [9.17, 15) is 22.8 Å². The Labute approximate surface area is 208 Å². The van der Waals surface area contributed by atoms with Crippen LogP contribution < -0.4 is 25.6 Å². The monoisotopic (exact) mass is 512 g/mol. The van der Waals surface area contributed by atoms with Crippen molar-refractivity contribution in [1.82, 2.24) is 15.3 Å². The first-order chi connectivity index (χ1) is 17.2. The minimum absolute atomic E-state index is 0.124. The maximum Gasteiger partial charge on any atom is 0.325 e. The first kappa shape index (κ1) is 25.2. The molecule has 3 N–H and O–H groups in total. The van der Waals surface area contributed by atoms with Crippen molar-refractivity contribution in [2.45, 2.75) is 44.0 Å². The molecule has 11 heteroatoms. The fraction of sp³-hybridized carbons (Fsp3) is 0.320. The zero-order valence-corrected chi connectivity index (χ0v) is 20.9. The van der Waals surface area contributed by atoms with E-state index in [1.807, 2.05) is 36.2 Å². The minimum Gasteiger partial charge on any atom is -0.494 e. The number of rotatable bonds is 8. The standard InChI is InChI=1S/C25H28N4O6S/c1-3-35-19-13-11-18(12-14-19)29(36(33,34)23-16(2)26-25(32)28-24(23)31)15-22(30)27-21-10-6-8-17-7-4-5-9-20(17)21/h4-5,7,9,11-14,21H,3,6,8,10,15H2,1-2H3,(H,27,30)(H2,26,28,31,32). The molecule has 1 amide bonds. The van der Waals surface area contributed by atoms with Crippen LogP contribution in [-0.2, 0) is 21.2 Å². The number of fused-ring (bicyclic) bond motifs is 1. The summed E-state index contributed by atoms with van der Waals surface area (Å²) in [6, 6.07) is 13.8. The fourth-order valence-corrected chi connectivity index (χ4v) is 6.10. The summed E-state index contributed by atoms with van der Waals surface area (Å²) in [5.41, 5.74) is 0.330. The van der Waals surface area contributed by atoms with E-state index < -0.39 is 38.6 Å². The van der Waals surface area contributed by atoms with E-state index in [2.05, 4.69) is 10.3 Å². The molecule has 190 valence electrons. The topological polar surface area (TPSA) is 141 Å². The summed E-state index contributed by atoms with van der Waals surface area (Å²) in [4.78, 5) is 41.0. The number of hydrogen-bond donors (Lipinski definition) is 3. The van der Waals surface area contributed by atoms with Gasteiger partial charge < -0.3 is 15.0 Å². The lowest BCUT2D eigenvalue weighted by atomic mass is 9.88. The molecule has 10 nitrogen and oxygen atoms in total. The van der Waals surface area contributed by atoms with Gasteiger partial charge in [0, 0.05) is 5.69 Å². The van der Waals surface area contributed by atoms with E-state index in [4.69, 9.17) is 4.74 Å². The third-order valence-electron chi connectivity index (χ3n) is 6.05. The lowest BCUT2D eigenvalue weighted by molar-refractivity contribution is -0.120. The van der Waals surface area contributed by atoms with Crippen molar-refractivity contribution in [2.75, 3.05) is 17.5 Å². The minimum atomic E-state index is -4.54. The molecule has 0 fully saturated rings. The molecular formula is C25H28N4O6S. The van der Waals surface area contributed by atoms with Gasteiger partial charge in [0.2, 0.25) is 5.91 Å². The van der Waals surface area contributed by atoms with Crippen molar-refractivity contribution < 1.29 is 17.9 Å². The first-order valence-corrected chi connectivity index (χ1v) is 13.1. The summed E-state index contributed by atoms with van der Waals surface area (Å²) in [5.74, 6) is 0.00704. The molecule has 3 aromatic rings. The number of aryl methyl sites for hydroxylation is 2. The molecule has 0 spiro atoms. The number of nitrogens with one attached hydrogen (secondary N) is 3. The van der Waals surface area contributed by atoms with Gasteiger partial charge >= 0.3 is 5.69 Å². The molecule has 1 heterocycles. The number of sulfonamides is 1. The second-order valence-electron chi connectivity index (χ2n) is 8.51. The highest BCUT2D eigenvalue weighted by atomic mass is 32.2. The Hall–Kier alpha value is -3.86. The highest BCUT2D eigenvalue weighted by Gasteiger charge is 2.33. The van der Waals surface area contributed by atoms with Gasteiger partial charge in [0.1, 0.15) is 12.3 Å². The van der Waals surface area contributed by atoms with Gasteiger partial charge in [0.05, 0.1) is 18.3 Å². The van der Waals surface area contributed by atoms with Gasteiger partial charge in [-0.05, 0) is 68.5 Å². The van der Waals surface area contributed by atoms with Gasteiger partial charge in [0.15, 0.2) is 4.90 Å².